The van der Waals surface area contributed by atoms with Crippen molar-refractivity contribution in [2.75, 3.05) is 51.7 Å². The number of halogens is 2. The van der Waals surface area contributed by atoms with Crippen LogP contribution in [0.15, 0.2) is 23.3 Å². The molecule has 1 atom stereocenters. The standard InChI is InChI=1S/C16H27ClN6.HI/c1-4-22(3)11-9-20-16(18-2)21-13-7-10-23(12-13)15-14(17)6-5-8-19-15;/h5-6,8,13H,4,7,9-12H2,1-3H3,(H2,18,20,21);1H. The Balaban J connectivity index is 0.00000288. The van der Waals surface area contributed by atoms with Gasteiger partial charge in [-0.15, -0.1) is 24.0 Å². The Morgan fingerprint density at radius 2 is 2.33 bits per heavy atom. The van der Waals surface area contributed by atoms with E-state index < -0.39 is 0 Å². The van der Waals surface area contributed by atoms with Crippen molar-refractivity contribution >= 4 is 47.4 Å². The van der Waals surface area contributed by atoms with Gasteiger partial charge in [0.15, 0.2) is 5.96 Å². The van der Waals surface area contributed by atoms with E-state index in [1.54, 1.807) is 13.2 Å². The molecule has 1 aromatic rings. The fourth-order valence-electron chi connectivity index (χ4n) is 2.59. The molecule has 0 aliphatic carbocycles. The third-order valence-corrected chi connectivity index (χ3v) is 4.41. The third-order valence-electron chi connectivity index (χ3n) is 4.12. The molecule has 2 N–H and O–H groups in total. The first-order valence-corrected chi connectivity index (χ1v) is 8.53. The van der Waals surface area contributed by atoms with Crippen molar-refractivity contribution in [3.63, 3.8) is 0 Å². The van der Waals surface area contributed by atoms with Gasteiger partial charge in [0.2, 0.25) is 0 Å². The Hall–Kier alpha value is -0.800. The molecular formula is C16H28ClIN6. The summed E-state index contributed by atoms with van der Waals surface area (Å²) in [6.45, 7) is 6.92. The highest BCUT2D eigenvalue weighted by Crippen LogP contribution is 2.25. The number of aromatic nitrogens is 1. The number of hydrogen-bond acceptors (Lipinski definition) is 4. The normalized spacial score (nSPS) is 17.8. The summed E-state index contributed by atoms with van der Waals surface area (Å²) in [7, 11) is 3.92. The zero-order chi connectivity index (χ0) is 16.7. The molecule has 1 saturated heterocycles. The van der Waals surface area contributed by atoms with Crippen LogP contribution in [0.4, 0.5) is 5.82 Å². The molecule has 8 heteroatoms. The Kier molecular flexibility index (Phi) is 9.68. The molecule has 136 valence electrons. The summed E-state index contributed by atoms with van der Waals surface area (Å²) in [6.07, 6.45) is 2.83. The maximum atomic E-state index is 6.23. The number of pyridine rings is 1. The topological polar surface area (TPSA) is 55.8 Å². The molecule has 0 spiro atoms. The average Bonchev–Trinajstić information content (AvgIpc) is 3.02. The van der Waals surface area contributed by atoms with Gasteiger partial charge < -0.3 is 20.4 Å². The van der Waals surface area contributed by atoms with Crippen molar-refractivity contribution in [1.82, 2.24) is 20.5 Å². The van der Waals surface area contributed by atoms with Gasteiger partial charge in [-0.05, 0) is 32.1 Å². The highest BCUT2D eigenvalue weighted by Gasteiger charge is 2.25. The molecule has 6 nitrogen and oxygen atoms in total. The molecule has 0 saturated carbocycles. The fraction of sp³-hybridized carbons (Fsp3) is 0.625. The van der Waals surface area contributed by atoms with Crippen LogP contribution in [0.1, 0.15) is 13.3 Å². The molecule has 1 aliphatic heterocycles. The summed E-state index contributed by atoms with van der Waals surface area (Å²) in [5, 5.41) is 7.56. The second-order valence-corrected chi connectivity index (χ2v) is 6.19. The maximum absolute atomic E-state index is 6.23. The van der Waals surface area contributed by atoms with Crippen LogP contribution < -0.4 is 15.5 Å². The van der Waals surface area contributed by atoms with E-state index in [0.717, 1.165) is 50.9 Å². The summed E-state index contributed by atoms with van der Waals surface area (Å²) in [4.78, 5) is 13.2. The Labute approximate surface area is 167 Å². The van der Waals surface area contributed by atoms with E-state index in [1.165, 1.54) is 0 Å². The van der Waals surface area contributed by atoms with Gasteiger partial charge >= 0.3 is 0 Å². The first kappa shape index (κ1) is 21.2. The van der Waals surface area contributed by atoms with Gasteiger partial charge in [-0.1, -0.05) is 18.5 Å². The molecule has 1 fully saturated rings. The number of hydrogen-bond donors (Lipinski definition) is 2. The zero-order valence-electron chi connectivity index (χ0n) is 14.6. The lowest BCUT2D eigenvalue weighted by atomic mass is 10.3. The molecule has 0 bridgehead atoms. The molecule has 0 radical (unpaired) electrons. The predicted octanol–water partition coefficient (Wildman–Crippen LogP) is 2.05. The molecular weight excluding hydrogens is 439 g/mol. The highest BCUT2D eigenvalue weighted by atomic mass is 127. The highest BCUT2D eigenvalue weighted by molar-refractivity contribution is 14.0. The molecule has 1 aliphatic rings. The van der Waals surface area contributed by atoms with Crippen LogP contribution in [0.3, 0.4) is 0 Å². The van der Waals surface area contributed by atoms with E-state index in [-0.39, 0.29) is 24.0 Å². The monoisotopic (exact) mass is 466 g/mol. The minimum Gasteiger partial charge on any atom is -0.355 e. The lowest BCUT2D eigenvalue weighted by molar-refractivity contribution is 0.357. The van der Waals surface area contributed by atoms with Crippen molar-refractivity contribution < 1.29 is 0 Å². The van der Waals surface area contributed by atoms with E-state index >= 15 is 0 Å². The Morgan fingerprint density at radius 3 is 3.00 bits per heavy atom. The molecule has 24 heavy (non-hydrogen) atoms. The molecule has 1 unspecified atom stereocenters. The smallest absolute Gasteiger partial charge is 0.191 e. The number of nitrogens with one attached hydrogen (secondary N) is 2. The van der Waals surface area contributed by atoms with Gasteiger partial charge in [0.05, 0.1) is 5.02 Å². The van der Waals surface area contributed by atoms with Crippen molar-refractivity contribution in [3.8, 4) is 0 Å². The van der Waals surface area contributed by atoms with Crippen molar-refractivity contribution in [3.05, 3.63) is 23.4 Å². The van der Waals surface area contributed by atoms with Gasteiger partial charge in [0.25, 0.3) is 0 Å². The first-order chi connectivity index (χ1) is 11.1. The maximum Gasteiger partial charge on any atom is 0.191 e. The van der Waals surface area contributed by atoms with Crippen LogP contribution in [-0.2, 0) is 0 Å². The van der Waals surface area contributed by atoms with Crippen LogP contribution >= 0.6 is 35.6 Å². The van der Waals surface area contributed by atoms with Gasteiger partial charge in [0, 0.05) is 45.5 Å². The van der Waals surface area contributed by atoms with E-state index in [0.29, 0.717) is 11.1 Å². The quantitative estimate of drug-likeness (QED) is 0.382. The van der Waals surface area contributed by atoms with E-state index in [9.17, 15) is 0 Å². The van der Waals surface area contributed by atoms with E-state index in [1.807, 2.05) is 12.1 Å². The van der Waals surface area contributed by atoms with Gasteiger partial charge in [-0.3, -0.25) is 4.99 Å². The molecule has 0 aromatic carbocycles. The lowest BCUT2D eigenvalue weighted by Crippen LogP contribution is -2.46. The molecule has 0 amide bonds. The number of nitrogens with zero attached hydrogens (tertiary/aromatic N) is 4. The third kappa shape index (κ3) is 6.25. The van der Waals surface area contributed by atoms with Crippen LogP contribution in [0, 0.1) is 0 Å². The van der Waals surface area contributed by atoms with Crippen molar-refractivity contribution in [1.29, 1.82) is 0 Å². The van der Waals surface area contributed by atoms with Crippen LogP contribution in [-0.4, -0.2) is 68.7 Å². The van der Waals surface area contributed by atoms with Gasteiger partial charge in [0.1, 0.15) is 5.82 Å². The molecule has 1 aromatic heterocycles. The Bertz CT molecular complexity index is 527. The number of likely N-dealkylation sites (N-methyl/N-ethyl adjacent to an activating group) is 1. The largest absolute Gasteiger partial charge is 0.355 e. The summed E-state index contributed by atoms with van der Waals surface area (Å²) in [5.41, 5.74) is 0. The van der Waals surface area contributed by atoms with Crippen LogP contribution in [0.2, 0.25) is 5.02 Å². The van der Waals surface area contributed by atoms with Crippen LogP contribution in [0.25, 0.3) is 0 Å². The van der Waals surface area contributed by atoms with Crippen LogP contribution in [0.5, 0.6) is 0 Å². The van der Waals surface area contributed by atoms with E-state index in [4.69, 9.17) is 11.6 Å². The SMILES string of the molecule is CCN(C)CCNC(=NC)NC1CCN(c2ncccc2Cl)C1.I. The number of aliphatic imine (C=N–C) groups is 1. The summed E-state index contributed by atoms with van der Waals surface area (Å²) >= 11 is 6.23. The van der Waals surface area contributed by atoms with Crippen molar-refractivity contribution in [2.24, 2.45) is 4.99 Å². The van der Waals surface area contributed by atoms with Gasteiger partial charge in [-0.2, -0.15) is 0 Å². The Morgan fingerprint density at radius 1 is 1.54 bits per heavy atom. The summed E-state index contributed by atoms with van der Waals surface area (Å²) in [6, 6.07) is 4.09. The number of anilines is 1. The second-order valence-electron chi connectivity index (χ2n) is 5.78. The zero-order valence-corrected chi connectivity index (χ0v) is 17.7. The number of rotatable bonds is 6. The first-order valence-electron chi connectivity index (χ1n) is 8.15. The molecule has 2 rings (SSSR count). The predicted molar refractivity (Wildman–Crippen MR) is 113 cm³/mol. The van der Waals surface area contributed by atoms with Gasteiger partial charge in [-0.25, -0.2) is 4.98 Å². The second kappa shape index (κ2) is 10.9. The molecule has 2 heterocycles. The number of guanidine groups is 1. The average molecular weight is 467 g/mol. The fourth-order valence-corrected chi connectivity index (χ4v) is 2.83. The van der Waals surface area contributed by atoms with E-state index in [2.05, 4.69) is 44.4 Å². The minimum atomic E-state index is 0. The van der Waals surface area contributed by atoms with Crippen molar-refractivity contribution in [2.45, 2.75) is 19.4 Å². The summed E-state index contributed by atoms with van der Waals surface area (Å²) in [5.74, 6) is 1.72. The summed E-state index contributed by atoms with van der Waals surface area (Å²) < 4.78 is 0. The minimum absolute atomic E-state index is 0. The lowest BCUT2D eigenvalue weighted by Gasteiger charge is -2.21.